The van der Waals surface area contributed by atoms with Crippen LogP contribution in [0.3, 0.4) is 0 Å². The van der Waals surface area contributed by atoms with E-state index in [0.717, 1.165) is 5.69 Å². The molecule has 0 saturated carbocycles. The minimum atomic E-state index is -0.311. The molecule has 3 rings (SSSR count). The summed E-state index contributed by atoms with van der Waals surface area (Å²) in [4.78, 5) is 13.8. The third-order valence-corrected chi connectivity index (χ3v) is 3.52. The van der Waals surface area contributed by atoms with Crippen molar-refractivity contribution in [3.63, 3.8) is 0 Å². The quantitative estimate of drug-likeness (QED) is 0.793. The van der Waals surface area contributed by atoms with Gasteiger partial charge in [-0.05, 0) is 31.2 Å². The number of hydrogen-bond acceptors (Lipinski definition) is 2. The zero-order valence-corrected chi connectivity index (χ0v) is 11.6. The lowest BCUT2D eigenvalue weighted by molar-refractivity contribution is -0.117. The molecule has 106 valence electrons. The summed E-state index contributed by atoms with van der Waals surface area (Å²) in [5.41, 5.74) is 1.49. The Morgan fingerprint density at radius 3 is 2.71 bits per heavy atom. The third-order valence-electron chi connectivity index (χ3n) is 3.52. The number of rotatable bonds is 2. The molecule has 0 radical (unpaired) electrons. The van der Waals surface area contributed by atoms with Gasteiger partial charge < -0.3 is 0 Å². The van der Waals surface area contributed by atoms with Gasteiger partial charge in [0.05, 0.1) is 11.4 Å². The summed E-state index contributed by atoms with van der Waals surface area (Å²) in [6.07, 6.45) is 5.77. The highest BCUT2D eigenvalue weighted by Crippen LogP contribution is 2.27. The van der Waals surface area contributed by atoms with Gasteiger partial charge in [-0.25, -0.2) is 9.07 Å². The van der Waals surface area contributed by atoms with Crippen LogP contribution in [-0.4, -0.2) is 22.2 Å². The molecule has 4 nitrogen and oxygen atoms in total. The molecule has 0 spiro atoms. The summed E-state index contributed by atoms with van der Waals surface area (Å²) < 4.78 is 14.7. The molecule has 1 amide bonds. The van der Waals surface area contributed by atoms with Gasteiger partial charge in [-0.2, -0.15) is 5.10 Å². The number of halogens is 1. The van der Waals surface area contributed by atoms with Crippen molar-refractivity contribution in [3.05, 3.63) is 41.8 Å². The number of terminal acetylenes is 1. The Bertz CT molecular complexity index is 727. The maximum absolute atomic E-state index is 13.1. The van der Waals surface area contributed by atoms with Gasteiger partial charge in [0.1, 0.15) is 11.6 Å². The van der Waals surface area contributed by atoms with Gasteiger partial charge in [-0.15, -0.1) is 12.3 Å². The van der Waals surface area contributed by atoms with Crippen LogP contribution in [0.1, 0.15) is 12.1 Å². The summed E-state index contributed by atoms with van der Waals surface area (Å²) in [7, 11) is 0. The Hall–Kier alpha value is -2.61. The Balaban J connectivity index is 2.03. The molecule has 1 aromatic heterocycles. The third kappa shape index (κ3) is 2.40. The lowest BCUT2D eigenvalue weighted by Crippen LogP contribution is -2.26. The van der Waals surface area contributed by atoms with Crippen LogP contribution in [-0.2, 0) is 4.79 Å². The number of anilines is 1. The second-order valence-electron chi connectivity index (χ2n) is 5.10. The monoisotopic (exact) mass is 283 g/mol. The summed E-state index contributed by atoms with van der Waals surface area (Å²) in [5, 5.41) is 4.39. The van der Waals surface area contributed by atoms with E-state index in [1.54, 1.807) is 21.7 Å². The first-order chi connectivity index (χ1) is 10.1. The molecule has 1 saturated heterocycles. The maximum Gasteiger partial charge on any atom is 0.229 e. The van der Waals surface area contributed by atoms with Crippen LogP contribution >= 0.6 is 0 Å². The molecule has 1 unspecified atom stereocenters. The average molecular weight is 283 g/mol. The van der Waals surface area contributed by atoms with Gasteiger partial charge in [0, 0.05) is 24.9 Å². The molecule has 1 aliphatic heterocycles. The minimum absolute atomic E-state index is 0.0128. The van der Waals surface area contributed by atoms with E-state index in [2.05, 4.69) is 11.0 Å². The Kier molecular flexibility index (Phi) is 3.22. The van der Waals surface area contributed by atoms with Crippen LogP contribution in [0.5, 0.6) is 0 Å². The van der Waals surface area contributed by atoms with Crippen LogP contribution in [0, 0.1) is 31.0 Å². The van der Waals surface area contributed by atoms with E-state index < -0.39 is 0 Å². The molecule has 1 aliphatic rings. The van der Waals surface area contributed by atoms with Crippen molar-refractivity contribution in [2.24, 2.45) is 5.92 Å². The van der Waals surface area contributed by atoms with Crippen LogP contribution in [0.25, 0.3) is 5.69 Å². The fraction of sp³-hybridized carbons (Fsp3) is 0.250. The Morgan fingerprint density at radius 2 is 2.10 bits per heavy atom. The first-order valence-electron chi connectivity index (χ1n) is 6.67. The van der Waals surface area contributed by atoms with Crippen LogP contribution in [0.15, 0.2) is 30.3 Å². The predicted octanol–water partition coefficient (Wildman–Crippen LogP) is 2.31. The minimum Gasteiger partial charge on any atom is -0.295 e. The molecular formula is C16H14FN3O. The second-order valence-corrected chi connectivity index (χ2v) is 5.10. The molecule has 21 heavy (non-hydrogen) atoms. The molecular weight excluding hydrogens is 269 g/mol. The number of hydrogen-bond donors (Lipinski definition) is 0. The SMILES string of the molecule is C#CC1CC(=O)N(c2cc(C)nn2-c2ccc(F)cc2)C1. The van der Waals surface area contributed by atoms with Crippen molar-refractivity contribution in [1.29, 1.82) is 0 Å². The first kappa shape index (κ1) is 13.4. The van der Waals surface area contributed by atoms with E-state index >= 15 is 0 Å². The smallest absolute Gasteiger partial charge is 0.229 e. The van der Waals surface area contributed by atoms with Crippen molar-refractivity contribution in [1.82, 2.24) is 9.78 Å². The molecule has 0 bridgehead atoms. The van der Waals surface area contributed by atoms with Crippen LogP contribution in [0.2, 0.25) is 0 Å². The number of carbonyl (C=O) groups is 1. The van der Waals surface area contributed by atoms with Gasteiger partial charge in [0.25, 0.3) is 0 Å². The number of aromatic nitrogens is 2. The van der Waals surface area contributed by atoms with Gasteiger partial charge in [0.15, 0.2) is 0 Å². The first-order valence-corrected chi connectivity index (χ1v) is 6.67. The molecule has 2 heterocycles. The summed E-state index contributed by atoms with van der Waals surface area (Å²) >= 11 is 0. The van der Waals surface area contributed by atoms with Crippen molar-refractivity contribution in [2.45, 2.75) is 13.3 Å². The topological polar surface area (TPSA) is 38.1 Å². The van der Waals surface area contributed by atoms with Gasteiger partial charge >= 0.3 is 0 Å². The lowest BCUT2D eigenvalue weighted by Gasteiger charge is -2.17. The lowest BCUT2D eigenvalue weighted by atomic mass is 10.1. The fourth-order valence-electron chi connectivity index (χ4n) is 2.49. The van der Waals surface area contributed by atoms with Crippen molar-refractivity contribution in [2.75, 3.05) is 11.4 Å². The standard InChI is InChI=1S/C16H14FN3O/c1-3-12-9-16(21)19(10-12)15-8-11(2)18-20(15)14-6-4-13(17)5-7-14/h1,4-8,12H,9-10H2,2H3. The van der Waals surface area contributed by atoms with Crippen LogP contribution in [0.4, 0.5) is 10.2 Å². The van der Waals surface area contributed by atoms with E-state index in [1.807, 2.05) is 13.0 Å². The Morgan fingerprint density at radius 1 is 1.38 bits per heavy atom. The van der Waals surface area contributed by atoms with Gasteiger partial charge in [-0.1, -0.05) is 0 Å². The summed E-state index contributed by atoms with van der Waals surface area (Å²) in [6, 6.07) is 7.83. The summed E-state index contributed by atoms with van der Waals surface area (Å²) in [6.45, 7) is 2.34. The zero-order chi connectivity index (χ0) is 15.0. The Labute approximate surface area is 122 Å². The highest BCUT2D eigenvalue weighted by molar-refractivity contribution is 5.95. The number of aryl methyl sites for hydroxylation is 1. The molecule has 1 fully saturated rings. The number of carbonyl (C=O) groups excluding carboxylic acids is 1. The van der Waals surface area contributed by atoms with E-state index in [-0.39, 0.29) is 17.6 Å². The van der Waals surface area contributed by atoms with Crippen molar-refractivity contribution >= 4 is 11.7 Å². The highest BCUT2D eigenvalue weighted by atomic mass is 19.1. The largest absolute Gasteiger partial charge is 0.295 e. The maximum atomic E-state index is 13.1. The van der Waals surface area contributed by atoms with E-state index in [9.17, 15) is 9.18 Å². The molecule has 1 atom stereocenters. The van der Waals surface area contributed by atoms with Gasteiger partial charge in [-0.3, -0.25) is 9.69 Å². The summed E-state index contributed by atoms with van der Waals surface area (Å²) in [5.74, 6) is 2.90. The van der Waals surface area contributed by atoms with E-state index in [0.29, 0.717) is 24.5 Å². The second kappa shape index (κ2) is 5.06. The number of nitrogens with zero attached hydrogens (tertiary/aromatic N) is 3. The highest BCUT2D eigenvalue weighted by Gasteiger charge is 2.31. The van der Waals surface area contributed by atoms with Crippen molar-refractivity contribution in [3.8, 4) is 18.0 Å². The molecule has 5 heteroatoms. The van der Waals surface area contributed by atoms with Crippen LogP contribution < -0.4 is 4.90 Å². The predicted molar refractivity (Wildman–Crippen MR) is 77.6 cm³/mol. The number of amides is 1. The fourth-order valence-corrected chi connectivity index (χ4v) is 2.49. The molecule has 2 aromatic rings. The zero-order valence-electron chi connectivity index (χ0n) is 11.6. The van der Waals surface area contributed by atoms with Crippen molar-refractivity contribution < 1.29 is 9.18 Å². The normalized spacial score (nSPS) is 18.0. The molecule has 0 aliphatic carbocycles. The number of benzene rings is 1. The molecule has 0 N–H and O–H groups in total. The van der Waals surface area contributed by atoms with E-state index in [4.69, 9.17) is 6.42 Å². The molecule has 1 aromatic carbocycles. The van der Waals surface area contributed by atoms with Gasteiger partial charge in [0.2, 0.25) is 5.91 Å². The average Bonchev–Trinajstić information content (AvgIpc) is 3.02. The van der Waals surface area contributed by atoms with E-state index in [1.165, 1.54) is 12.1 Å².